The van der Waals surface area contributed by atoms with Gasteiger partial charge in [0.15, 0.2) is 0 Å². The van der Waals surface area contributed by atoms with E-state index in [4.69, 9.17) is 0 Å². The first-order chi connectivity index (χ1) is 8.42. The molecule has 1 unspecified atom stereocenters. The third kappa shape index (κ3) is 5.64. The topological polar surface area (TPSA) is 29.5 Å². The molecule has 1 atom stereocenters. The molecular formula is C12H15F3O2S. The van der Waals surface area contributed by atoms with Crippen molar-refractivity contribution in [1.29, 1.82) is 0 Å². The van der Waals surface area contributed by atoms with Gasteiger partial charge < -0.3 is 9.84 Å². The van der Waals surface area contributed by atoms with Gasteiger partial charge >= 0.3 is 6.36 Å². The maximum absolute atomic E-state index is 12.0. The summed E-state index contributed by atoms with van der Waals surface area (Å²) in [6, 6.07) is 5.44. The number of alkyl halides is 3. The molecule has 0 saturated heterocycles. The molecule has 0 aliphatic carbocycles. The summed E-state index contributed by atoms with van der Waals surface area (Å²) < 4.78 is 39.9. The number of benzene rings is 1. The van der Waals surface area contributed by atoms with Gasteiger partial charge in [-0.2, -0.15) is 11.8 Å². The van der Waals surface area contributed by atoms with Crippen molar-refractivity contribution >= 4 is 11.8 Å². The predicted molar refractivity (Wildman–Crippen MR) is 65.7 cm³/mol. The molecule has 0 heterocycles. The molecule has 0 radical (unpaired) electrons. The van der Waals surface area contributed by atoms with Crippen LogP contribution in [0.15, 0.2) is 24.3 Å². The Kier molecular flexibility index (Phi) is 5.81. The summed E-state index contributed by atoms with van der Waals surface area (Å²) in [4.78, 5) is 0. The zero-order valence-electron chi connectivity index (χ0n) is 9.91. The number of rotatable bonds is 6. The van der Waals surface area contributed by atoms with Crippen molar-refractivity contribution in [2.75, 3.05) is 11.5 Å². The van der Waals surface area contributed by atoms with Crippen LogP contribution in [0.5, 0.6) is 5.75 Å². The minimum atomic E-state index is -4.71. The van der Waals surface area contributed by atoms with Crippen molar-refractivity contribution in [1.82, 2.24) is 0 Å². The van der Waals surface area contributed by atoms with E-state index in [9.17, 15) is 18.3 Å². The van der Waals surface area contributed by atoms with E-state index in [1.807, 2.05) is 6.92 Å². The molecule has 1 aromatic carbocycles. The zero-order valence-corrected chi connectivity index (χ0v) is 10.7. The van der Waals surface area contributed by atoms with Gasteiger partial charge in [-0.3, -0.25) is 0 Å². The van der Waals surface area contributed by atoms with E-state index in [2.05, 4.69) is 4.74 Å². The molecule has 1 aromatic rings. The maximum atomic E-state index is 12.0. The van der Waals surface area contributed by atoms with E-state index in [1.165, 1.54) is 18.2 Å². The van der Waals surface area contributed by atoms with Crippen LogP contribution in [0.25, 0.3) is 0 Å². The molecule has 102 valence electrons. The van der Waals surface area contributed by atoms with Gasteiger partial charge in [-0.25, -0.2) is 0 Å². The summed E-state index contributed by atoms with van der Waals surface area (Å²) in [5.41, 5.74) is 0.431. The van der Waals surface area contributed by atoms with Crippen LogP contribution in [0.2, 0.25) is 0 Å². The lowest BCUT2D eigenvalue weighted by Gasteiger charge is -2.13. The summed E-state index contributed by atoms with van der Waals surface area (Å²) >= 11 is 1.56. The number of hydrogen-bond acceptors (Lipinski definition) is 3. The highest BCUT2D eigenvalue weighted by atomic mass is 32.2. The minimum Gasteiger partial charge on any atom is -0.406 e. The van der Waals surface area contributed by atoms with Crippen LogP contribution in [-0.2, 0) is 0 Å². The molecule has 1 rings (SSSR count). The van der Waals surface area contributed by atoms with Crippen molar-refractivity contribution in [3.05, 3.63) is 29.8 Å². The Morgan fingerprint density at radius 3 is 2.72 bits per heavy atom. The molecule has 0 amide bonds. The molecule has 0 aliphatic rings. The highest BCUT2D eigenvalue weighted by molar-refractivity contribution is 7.99. The van der Waals surface area contributed by atoms with Crippen molar-refractivity contribution < 1.29 is 23.0 Å². The number of ether oxygens (including phenoxy) is 1. The molecule has 6 heteroatoms. The molecule has 2 nitrogen and oxygen atoms in total. The molecule has 0 aliphatic heterocycles. The van der Waals surface area contributed by atoms with E-state index in [0.29, 0.717) is 11.3 Å². The average Bonchev–Trinajstić information content (AvgIpc) is 2.27. The third-order valence-corrected chi connectivity index (χ3v) is 3.35. The normalized spacial score (nSPS) is 13.4. The van der Waals surface area contributed by atoms with Gasteiger partial charge in [0.1, 0.15) is 5.75 Å². The Hall–Kier alpha value is -0.880. The number of aliphatic hydroxyl groups is 1. The second-order valence-corrected chi connectivity index (χ2v) is 4.86. The van der Waals surface area contributed by atoms with Crippen LogP contribution in [0, 0.1) is 0 Å². The van der Waals surface area contributed by atoms with E-state index >= 15 is 0 Å². The number of hydrogen-bond donors (Lipinski definition) is 1. The van der Waals surface area contributed by atoms with E-state index in [-0.39, 0.29) is 5.75 Å². The Morgan fingerprint density at radius 2 is 2.11 bits per heavy atom. The Balaban J connectivity index is 2.63. The SMILES string of the molecule is CCCSCC(O)c1cccc(OC(F)(F)F)c1. The Morgan fingerprint density at radius 1 is 1.39 bits per heavy atom. The van der Waals surface area contributed by atoms with Gasteiger partial charge in [0.05, 0.1) is 6.10 Å². The monoisotopic (exact) mass is 280 g/mol. The molecule has 0 spiro atoms. The maximum Gasteiger partial charge on any atom is 0.573 e. The molecule has 0 aromatic heterocycles. The summed E-state index contributed by atoms with van der Waals surface area (Å²) in [5, 5.41) is 9.81. The molecular weight excluding hydrogens is 265 g/mol. The van der Waals surface area contributed by atoms with Gasteiger partial charge in [-0.05, 0) is 29.9 Å². The molecule has 0 bridgehead atoms. The van der Waals surface area contributed by atoms with Crippen LogP contribution in [0.3, 0.4) is 0 Å². The van der Waals surface area contributed by atoms with Crippen molar-refractivity contribution in [2.45, 2.75) is 25.8 Å². The van der Waals surface area contributed by atoms with Gasteiger partial charge in [0.2, 0.25) is 0 Å². The second-order valence-electron chi connectivity index (χ2n) is 3.71. The quantitative estimate of drug-likeness (QED) is 0.804. The molecule has 1 N–H and O–H groups in total. The Bertz CT molecular complexity index is 369. The fraction of sp³-hybridized carbons (Fsp3) is 0.500. The van der Waals surface area contributed by atoms with Gasteiger partial charge in [0, 0.05) is 5.75 Å². The van der Waals surface area contributed by atoms with E-state index < -0.39 is 12.5 Å². The first-order valence-corrected chi connectivity index (χ1v) is 6.69. The minimum absolute atomic E-state index is 0.306. The van der Waals surface area contributed by atoms with Crippen LogP contribution < -0.4 is 4.74 Å². The second kappa shape index (κ2) is 6.89. The Labute approximate surface area is 108 Å². The van der Waals surface area contributed by atoms with Crippen molar-refractivity contribution in [3.8, 4) is 5.75 Å². The van der Waals surface area contributed by atoms with Crippen LogP contribution in [0.4, 0.5) is 13.2 Å². The van der Waals surface area contributed by atoms with Crippen LogP contribution >= 0.6 is 11.8 Å². The van der Waals surface area contributed by atoms with E-state index in [0.717, 1.165) is 12.2 Å². The first kappa shape index (κ1) is 15.2. The molecule has 0 fully saturated rings. The summed E-state index contributed by atoms with van der Waals surface area (Å²) in [6.45, 7) is 2.02. The molecule has 18 heavy (non-hydrogen) atoms. The lowest BCUT2D eigenvalue weighted by atomic mass is 10.1. The van der Waals surface area contributed by atoms with Gasteiger partial charge in [0.25, 0.3) is 0 Å². The predicted octanol–water partition coefficient (Wildman–Crippen LogP) is 3.76. The van der Waals surface area contributed by atoms with Gasteiger partial charge in [-0.15, -0.1) is 13.2 Å². The summed E-state index contributed by atoms with van der Waals surface area (Å²) in [7, 11) is 0. The highest BCUT2D eigenvalue weighted by Crippen LogP contribution is 2.26. The standard InChI is InChI=1S/C12H15F3O2S/c1-2-6-18-8-11(16)9-4-3-5-10(7-9)17-12(13,14)15/h3-5,7,11,16H,2,6,8H2,1H3. The fourth-order valence-corrected chi connectivity index (χ4v) is 2.23. The molecule has 0 saturated carbocycles. The summed E-state index contributed by atoms with van der Waals surface area (Å²) in [6.07, 6.45) is -4.49. The lowest BCUT2D eigenvalue weighted by molar-refractivity contribution is -0.274. The number of halogens is 3. The van der Waals surface area contributed by atoms with E-state index in [1.54, 1.807) is 17.8 Å². The van der Waals surface area contributed by atoms with Crippen molar-refractivity contribution in [2.24, 2.45) is 0 Å². The number of aliphatic hydroxyl groups excluding tert-OH is 1. The first-order valence-electron chi connectivity index (χ1n) is 5.54. The van der Waals surface area contributed by atoms with Gasteiger partial charge in [-0.1, -0.05) is 19.1 Å². The van der Waals surface area contributed by atoms with Crippen LogP contribution in [-0.4, -0.2) is 23.0 Å². The zero-order chi connectivity index (χ0) is 13.6. The average molecular weight is 280 g/mol. The lowest BCUT2D eigenvalue weighted by Crippen LogP contribution is -2.17. The number of thioether (sulfide) groups is 1. The van der Waals surface area contributed by atoms with Crippen molar-refractivity contribution in [3.63, 3.8) is 0 Å². The third-order valence-electron chi connectivity index (χ3n) is 2.10. The fourth-order valence-electron chi connectivity index (χ4n) is 1.35. The summed E-state index contributed by atoms with van der Waals surface area (Å²) in [5.74, 6) is 1.07. The highest BCUT2D eigenvalue weighted by Gasteiger charge is 2.31. The van der Waals surface area contributed by atoms with Crippen LogP contribution in [0.1, 0.15) is 25.0 Å². The smallest absolute Gasteiger partial charge is 0.406 e. The largest absolute Gasteiger partial charge is 0.573 e.